The second kappa shape index (κ2) is 4.49. The Morgan fingerprint density at radius 3 is 2.20 bits per heavy atom. The van der Waals surface area contributed by atoms with Crippen LogP contribution in [-0.2, 0) is 4.79 Å². The smallest absolute Gasteiger partial charge is 0.296 e. The van der Waals surface area contributed by atoms with Crippen LogP contribution in [0.5, 0.6) is 0 Å². The first kappa shape index (κ1) is 12.4. The van der Waals surface area contributed by atoms with Gasteiger partial charge in [-0.05, 0) is 23.8 Å². The van der Waals surface area contributed by atoms with Gasteiger partial charge in [0.1, 0.15) is 0 Å². The van der Waals surface area contributed by atoms with Gasteiger partial charge in [0.05, 0.1) is 11.3 Å². The SMILES string of the molecule is CN(C)c1ccc(-c2cccc3c2NC(=O)C3=O)cc1. The Bertz CT molecular complexity index is 703. The molecule has 0 aliphatic carbocycles. The van der Waals surface area contributed by atoms with Gasteiger partial charge in [0.15, 0.2) is 0 Å². The predicted molar refractivity (Wildman–Crippen MR) is 79.2 cm³/mol. The van der Waals surface area contributed by atoms with Gasteiger partial charge < -0.3 is 10.2 Å². The number of hydrogen-bond acceptors (Lipinski definition) is 3. The van der Waals surface area contributed by atoms with E-state index in [0.29, 0.717) is 11.3 Å². The topological polar surface area (TPSA) is 49.4 Å². The quantitative estimate of drug-likeness (QED) is 0.850. The van der Waals surface area contributed by atoms with E-state index in [1.807, 2.05) is 49.3 Å². The Morgan fingerprint density at radius 1 is 0.900 bits per heavy atom. The standard InChI is InChI=1S/C16H14N2O2/c1-18(2)11-8-6-10(7-9-11)12-4-3-5-13-14(12)17-16(20)15(13)19/h3-9H,1-2H3,(H,17,19,20). The summed E-state index contributed by atoms with van der Waals surface area (Å²) in [4.78, 5) is 25.2. The molecular formula is C16H14N2O2. The molecule has 0 atom stereocenters. The van der Waals surface area contributed by atoms with Crippen LogP contribution >= 0.6 is 0 Å². The first-order valence-electron chi connectivity index (χ1n) is 6.34. The van der Waals surface area contributed by atoms with E-state index < -0.39 is 11.7 Å². The average Bonchev–Trinajstić information content (AvgIpc) is 2.74. The molecular weight excluding hydrogens is 252 g/mol. The van der Waals surface area contributed by atoms with Crippen LogP contribution in [0.1, 0.15) is 10.4 Å². The summed E-state index contributed by atoms with van der Waals surface area (Å²) in [5, 5.41) is 2.65. The summed E-state index contributed by atoms with van der Waals surface area (Å²) in [7, 11) is 3.96. The number of carbonyl (C=O) groups is 2. The van der Waals surface area contributed by atoms with Gasteiger partial charge in [0.25, 0.3) is 11.7 Å². The third kappa shape index (κ3) is 1.86. The van der Waals surface area contributed by atoms with Crippen molar-refractivity contribution in [2.24, 2.45) is 0 Å². The lowest BCUT2D eigenvalue weighted by molar-refractivity contribution is -0.112. The summed E-state index contributed by atoms with van der Waals surface area (Å²) in [6, 6.07) is 13.4. The summed E-state index contributed by atoms with van der Waals surface area (Å²) in [6.07, 6.45) is 0. The van der Waals surface area contributed by atoms with Crippen LogP contribution in [0.3, 0.4) is 0 Å². The molecule has 0 fully saturated rings. The van der Waals surface area contributed by atoms with E-state index in [0.717, 1.165) is 16.8 Å². The number of fused-ring (bicyclic) bond motifs is 1. The van der Waals surface area contributed by atoms with Crippen molar-refractivity contribution in [3.63, 3.8) is 0 Å². The predicted octanol–water partition coefficient (Wildman–Crippen LogP) is 2.55. The number of nitrogens with zero attached hydrogens (tertiary/aromatic N) is 1. The molecule has 1 heterocycles. The van der Waals surface area contributed by atoms with Crippen molar-refractivity contribution < 1.29 is 9.59 Å². The number of carbonyl (C=O) groups excluding carboxylic acids is 2. The van der Waals surface area contributed by atoms with Crippen LogP contribution in [0.25, 0.3) is 11.1 Å². The monoisotopic (exact) mass is 266 g/mol. The van der Waals surface area contributed by atoms with E-state index in [1.54, 1.807) is 12.1 Å². The van der Waals surface area contributed by atoms with E-state index >= 15 is 0 Å². The molecule has 0 radical (unpaired) electrons. The van der Waals surface area contributed by atoms with Crippen LogP contribution in [0.2, 0.25) is 0 Å². The molecule has 0 aromatic heterocycles. The number of rotatable bonds is 2. The van der Waals surface area contributed by atoms with Crippen molar-refractivity contribution in [1.29, 1.82) is 0 Å². The van der Waals surface area contributed by atoms with Crippen LogP contribution in [0, 0.1) is 0 Å². The number of nitrogens with one attached hydrogen (secondary N) is 1. The fraction of sp³-hybridized carbons (Fsp3) is 0.125. The molecule has 2 aromatic rings. The van der Waals surface area contributed by atoms with Crippen molar-refractivity contribution in [2.75, 3.05) is 24.3 Å². The molecule has 1 N–H and O–H groups in total. The zero-order chi connectivity index (χ0) is 14.3. The zero-order valence-electron chi connectivity index (χ0n) is 11.3. The third-order valence-electron chi connectivity index (χ3n) is 3.45. The van der Waals surface area contributed by atoms with Crippen LogP contribution in [0.15, 0.2) is 42.5 Å². The van der Waals surface area contributed by atoms with Crippen LogP contribution in [-0.4, -0.2) is 25.8 Å². The van der Waals surface area contributed by atoms with Gasteiger partial charge in [-0.25, -0.2) is 0 Å². The lowest BCUT2D eigenvalue weighted by Crippen LogP contribution is -2.12. The molecule has 1 aliphatic rings. The normalized spacial score (nSPS) is 13.1. The highest BCUT2D eigenvalue weighted by Gasteiger charge is 2.29. The molecule has 0 saturated heterocycles. The van der Waals surface area contributed by atoms with Crippen molar-refractivity contribution in [2.45, 2.75) is 0 Å². The van der Waals surface area contributed by atoms with E-state index in [2.05, 4.69) is 5.32 Å². The first-order chi connectivity index (χ1) is 9.58. The molecule has 4 nitrogen and oxygen atoms in total. The second-order valence-corrected chi connectivity index (χ2v) is 4.95. The second-order valence-electron chi connectivity index (χ2n) is 4.95. The van der Waals surface area contributed by atoms with E-state index in [1.165, 1.54) is 0 Å². The Balaban J connectivity index is 2.08. The average molecular weight is 266 g/mol. The summed E-state index contributed by atoms with van der Waals surface area (Å²) in [6.45, 7) is 0. The third-order valence-corrected chi connectivity index (χ3v) is 3.45. The molecule has 1 aliphatic heterocycles. The van der Waals surface area contributed by atoms with Crippen molar-refractivity contribution in [1.82, 2.24) is 0 Å². The summed E-state index contributed by atoms with van der Waals surface area (Å²) >= 11 is 0. The highest BCUT2D eigenvalue weighted by molar-refractivity contribution is 6.52. The van der Waals surface area contributed by atoms with Gasteiger partial charge in [-0.2, -0.15) is 0 Å². The minimum absolute atomic E-state index is 0.448. The van der Waals surface area contributed by atoms with E-state index in [4.69, 9.17) is 0 Å². The minimum atomic E-state index is -0.558. The zero-order valence-corrected chi connectivity index (χ0v) is 11.3. The highest BCUT2D eigenvalue weighted by Crippen LogP contribution is 2.35. The number of ketones is 1. The molecule has 0 spiro atoms. The number of para-hydroxylation sites is 1. The number of hydrogen-bond donors (Lipinski definition) is 1. The molecule has 20 heavy (non-hydrogen) atoms. The number of benzene rings is 2. The van der Waals surface area contributed by atoms with Gasteiger partial charge >= 0.3 is 0 Å². The molecule has 0 bridgehead atoms. The fourth-order valence-electron chi connectivity index (χ4n) is 2.35. The molecule has 2 aromatic carbocycles. The Morgan fingerprint density at radius 2 is 1.55 bits per heavy atom. The molecule has 3 rings (SSSR count). The molecule has 0 saturated carbocycles. The van der Waals surface area contributed by atoms with Crippen molar-refractivity contribution in [3.05, 3.63) is 48.0 Å². The Labute approximate surface area is 117 Å². The number of amides is 1. The minimum Gasteiger partial charge on any atom is -0.378 e. The van der Waals surface area contributed by atoms with E-state index in [9.17, 15) is 9.59 Å². The maximum Gasteiger partial charge on any atom is 0.296 e. The van der Waals surface area contributed by atoms with Gasteiger partial charge in [-0.1, -0.05) is 24.3 Å². The van der Waals surface area contributed by atoms with Crippen molar-refractivity contribution in [3.8, 4) is 11.1 Å². The highest BCUT2D eigenvalue weighted by atomic mass is 16.2. The maximum absolute atomic E-state index is 11.7. The van der Waals surface area contributed by atoms with Crippen LogP contribution in [0.4, 0.5) is 11.4 Å². The molecule has 1 amide bonds. The molecule has 100 valence electrons. The van der Waals surface area contributed by atoms with E-state index in [-0.39, 0.29) is 0 Å². The Kier molecular flexibility index (Phi) is 2.79. The number of Topliss-reactive ketones (excluding diaryl/α,β-unsaturated/α-hetero) is 1. The van der Waals surface area contributed by atoms with Gasteiger partial charge in [0.2, 0.25) is 0 Å². The number of anilines is 2. The first-order valence-corrected chi connectivity index (χ1v) is 6.34. The summed E-state index contributed by atoms with van der Waals surface area (Å²) in [5.74, 6) is -1.02. The fourth-order valence-corrected chi connectivity index (χ4v) is 2.35. The largest absolute Gasteiger partial charge is 0.378 e. The van der Waals surface area contributed by atoms with Crippen LogP contribution < -0.4 is 10.2 Å². The summed E-state index contributed by atoms with van der Waals surface area (Å²) in [5.41, 5.74) is 4.00. The van der Waals surface area contributed by atoms with Gasteiger partial charge in [0, 0.05) is 25.3 Å². The van der Waals surface area contributed by atoms with Gasteiger partial charge in [-0.3, -0.25) is 9.59 Å². The Hall–Kier alpha value is -2.62. The summed E-state index contributed by atoms with van der Waals surface area (Å²) < 4.78 is 0. The van der Waals surface area contributed by atoms with Crippen molar-refractivity contribution >= 4 is 23.1 Å². The molecule has 0 unspecified atom stereocenters. The lowest BCUT2D eigenvalue weighted by atomic mass is 10.00. The lowest BCUT2D eigenvalue weighted by Gasteiger charge is -2.13. The maximum atomic E-state index is 11.7. The molecule has 4 heteroatoms. The van der Waals surface area contributed by atoms with Gasteiger partial charge in [-0.15, -0.1) is 0 Å².